The van der Waals surface area contributed by atoms with Crippen molar-refractivity contribution >= 4 is 0 Å². The van der Waals surface area contributed by atoms with Gasteiger partial charge >= 0.3 is 0 Å². The Labute approximate surface area is 129 Å². The fraction of sp³-hybridized carbons (Fsp3) is 0.684. The first kappa shape index (κ1) is 15.1. The largest absolute Gasteiger partial charge is 0.385 e. The second kappa shape index (κ2) is 6.50. The van der Waals surface area contributed by atoms with Crippen molar-refractivity contribution in [1.29, 1.82) is 0 Å². The summed E-state index contributed by atoms with van der Waals surface area (Å²) in [6, 6.07) is 8.55. The molecule has 0 spiro atoms. The van der Waals surface area contributed by atoms with Gasteiger partial charge in [-0.25, -0.2) is 0 Å². The average molecular weight is 287 g/mol. The van der Waals surface area contributed by atoms with E-state index in [1.54, 1.807) is 0 Å². The van der Waals surface area contributed by atoms with Crippen LogP contribution in [0.5, 0.6) is 0 Å². The maximum atomic E-state index is 11.5. The van der Waals surface area contributed by atoms with Crippen molar-refractivity contribution in [3.05, 3.63) is 35.4 Å². The lowest BCUT2D eigenvalue weighted by atomic mass is 9.77. The van der Waals surface area contributed by atoms with E-state index in [-0.39, 0.29) is 0 Å². The lowest BCUT2D eigenvalue weighted by Gasteiger charge is -2.38. The number of aliphatic hydroxyl groups is 1. The molecule has 2 atom stereocenters. The van der Waals surface area contributed by atoms with E-state index in [2.05, 4.69) is 36.1 Å². The molecule has 2 heteroatoms. The third kappa shape index (κ3) is 3.32. The molecule has 116 valence electrons. The zero-order valence-corrected chi connectivity index (χ0v) is 13.4. The summed E-state index contributed by atoms with van der Waals surface area (Å²) in [6.45, 7) is 5.64. The normalized spacial score (nSPS) is 31.2. The molecule has 1 N–H and O–H groups in total. The van der Waals surface area contributed by atoms with Gasteiger partial charge < -0.3 is 10.0 Å². The lowest BCUT2D eigenvalue weighted by Crippen LogP contribution is -2.41. The van der Waals surface area contributed by atoms with Crippen LogP contribution in [0, 0.1) is 12.8 Å². The Morgan fingerprint density at radius 3 is 2.71 bits per heavy atom. The lowest BCUT2D eigenvalue weighted by molar-refractivity contribution is -0.0410. The fourth-order valence-electron chi connectivity index (χ4n) is 4.22. The van der Waals surface area contributed by atoms with Crippen molar-refractivity contribution in [3.63, 3.8) is 0 Å². The predicted octanol–water partition coefficient (Wildman–Crippen LogP) is 3.86. The Bertz CT molecular complexity index is 466. The highest BCUT2D eigenvalue weighted by Gasteiger charge is 2.40. The molecule has 1 saturated carbocycles. The number of likely N-dealkylation sites (tertiary alicyclic amines) is 1. The van der Waals surface area contributed by atoms with Gasteiger partial charge in [0.25, 0.3) is 0 Å². The van der Waals surface area contributed by atoms with E-state index in [0.29, 0.717) is 5.92 Å². The Balaban J connectivity index is 1.85. The molecule has 0 bridgehead atoms. The summed E-state index contributed by atoms with van der Waals surface area (Å²) in [6.07, 6.45) is 8.44. The molecule has 1 aromatic rings. The summed E-state index contributed by atoms with van der Waals surface area (Å²) in [4.78, 5) is 2.57. The summed E-state index contributed by atoms with van der Waals surface area (Å²) in [5.41, 5.74) is 1.78. The maximum absolute atomic E-state index is 11.5. The molecule has 1 aromatic carbocycles. The molecule has 0 radical (unpaired) electrons. The maximum Gasteiger partial charge on any atom is 0.0936 e. The molecule has 1 saturated heterocycles. The molecule has 0 amide bonds. The van der Waals surface area contributed by atoms with E-state index in [9.17, 15) is 5.11 Å². The molecule has 2 aliphatic rings. The highest BCUT2D eigenvalue weighted by Crippen LogP contribution is 2.41. The van der Waals surface area contributed by atoms with Crippen LogP contribution in [-0.2, 0) is 5.60 Å². The highest BCUT2D eigenvalue weighted by atomic mass is 16.3. The van der Waals surface area contributed by atoms with Crippen molar-refractivity contribution < 1.29 is 5.11 Å². The molecule has 0 aromatic heterocycles. The number of benzene rings is 1. The summed E-state index contributed by atoms with van der Waals surface area (Å²) in [5, 5.41) is 11.5. The number of hydrogen-bond acceptors (Lipinski definition) is 2. The quantitative estimate of drug-likeness (QED) is 0.853. The van der Waals surface area contributed by atoms with Gasteiger partial charge in [-0.1, -0.05) is 49.1 Å². The summed E-state index contributed by atoms with van der Waals surface area (Å²) < 4.78 is 0. The van der Waals surface area contributed by atoms with E-state index in [0.717, 1.165) is 24.9 Å². The predicted molar refractivity (Wildman–Crippen MR) is 87.3 cm³/mol. The molecule has 1 aliphatic heterocycles. The van der Waals surface area contributed by atoms with Crippen LogP contribution in [0.4, 0.5) is 0 Å². The van der Waals surface area contributed by atoms with E-state index in [1.807, 2.05) is 0 Å². The fourth-order valence-corrected chi connectivity index (χ4v) is 4.22. The molecule has 2 unspecified atom stereocenters. The Morgan fingerprint density at radius 1 is 1.14 bits per heavy atom. The molecule has 1 heterocycles. The zero-order valence-electron chi connectivity index (χ0n) is 13.4. The van der Waals surface area contributed by atoms with Crippen LogP contribution in [-0.4, -0.2) is 29.6 Å². The standard InChI is InChI=1S/C19H29NO/c1-16-8-7-10-17(14-16)19(21)11-4-2-3-9-18(19)15-20-12-5-6-13-20/h7-8,10,14,18,21H,2-6,9,11-13,15H2,1H3. The van der Waals surface area contributed by atoms with Gasteiger partial charge in [-0.2, -0.15) is 0 Å². The second-order valence-corrected chi connectivity index (χ2v) is 7.10. The molecular weight excluding hydrogens is 258 g/mol. The van der Waals surface area contributed by atoms with E-state index in [4.69, 9.17) is 0 Å². The minimum atomic E-state index is -0.620. The molecule has 3 rings (SSSR count). The second-order valence-electron chi connectivity index (χ2n) is 7.10. The van der Waals surface area contributed by atoms with Gasteiger partial charge in [-0.3, -0.25) is 0 Å². The van der Waals surface area contributed by atoms with Crippen LogP contribution in [0.2, 0.25) is 0 Å². The molecule has 2 fully saturated rings. The van der Waals surface area contributed by atoms with Crippen LogP contribution in [0.15, 0.2) is 24.3 Å². The Hall–Kier alpha value is -0.860. The highest BCUT2D eigenvalue weighted by molar-refractivity contribution is 5.28. The topological polar surface area (TPSA) is 23.5 Å². The van der Waals surface area contributed by atoms with Crippen molar-refractivity contribution in [1.82, 2.24) is 4.90 Å². The van der Waals surface area contributed by atoms with Gasteiger partial charge in [0.15, 0.2) is 0 Å². The van der Waals surface area contributed by atoms with Gasteiger partial charge in [-0.15, -0.1) is 0 Å². The smallest absolute Gasteiger partial charge is 0.0936 e. The Morgan fingerprint density at radius 2 is 1.95 bits per heavy atom. The van der Waals surface area contributed by atoms with Gasteiger partial charge in [0.05, 0.1) is 5.60 Å². The van der Waals surface area contributed by atoms with Crippen molar-refractivity contribution in [2.24, 2.45) is 5.92 Å². The third-order valence-electron chi connectivity index (χ3n) is 5.48. The third-order valence-corrected chi connectivity index (χ3v) is 5.48. The molecule has 21 heavy (non-hydrogen) atoms. The van der Waals surface area contributed by atoms with Gasteiger partial charge in [0.2, 0.25) is 0 Å². The Kier molecular flexibility index (Phi) is 4.66. The summed E-state index contributed by atoms with van der Waals surface area (Å²) >= 11 is 0. The van der Waals surface area contributed by atoms with E-state index in [1.165, 1.54) is 50.8 Å². The minimum absolute atomic E-state index is 0.389. The molecular formula is C19H29NO. The van der Waals surface area contributed by atoms with Crippen molar-refractivity contribution in [2.75, 3.05) is 19.6 Å². The van der Waals surface area contributed by atoms with Crippen molar-refractivity contribution in [3.8, 4) is 0 Å². The number of nitrogens with zero attached hydrogens (tertiary/aromatic N) is 1. The molecule has 2 nitrogen and oxygen atoms in total. The van der Waals surface area contributed by atoms with Crippen molar-refractivity contribution in [2.45, 2.75) is 57.5 Å². The zero-order chi connectivity index (χ0) is 14.7. The first-order chi connectivity index (χ1) is 10.2. The van der Waals surface area contributed by atoms with E-state index >= 15 is 0 Å². The van der Waals surface area contributed by atoms with Crippen LogP contribution >= 0.6 is 0 Å². The van der Waals surface area contributed by atoms with Gasteiger partial charge in [0, 0.05) is 12.5 Å². The van der Waals surface area contributed by atoms with Crippen LogP contribution in [0.3, 0.4) is 0 Å². The van der Waals surface area contributed by atoms with Crippen LogP contribution in [0.25, 0.3) is 0 Å². The average Bonchev–Trinajstić information content (AvgIpc) is 2.91. The first-order valence-electron chi connectivity index (χ1n) is 8.70. The number of aryl methyl sites for hydroxylation is 1. The van der Waals surface area contributed by atoms with Crippen LogP contribution in [0.1, 0.15) is 56.1 Å². The number of rotatable bonds is 3. The minimum Gasteiger partial charge on any atom is -0.385 e. The van der Waals surface area contributed by atoms with E-state index < -0.39 is 5.60 Å². The first-order valence-corrected chi connectivity index (χ1v) is 8.70. The monoisotopic (exact) mass is 287 g/mol. The van der Waals surface area contributed by atoms with Crippen LogP contribution < -0.4 is 0 Å². The summed E-state index contributed by atoms with van der Waals surface area (Å²) in [7, 11) is 0. The SMILES string of the molecule is Cc1cccc(C2(O)CCCCCC2CN2CCCC2)c1. The summed E-state index contributed by atoms with van der Waals surface area (Å²) in [5.74, 6) is 0.389. The van der Waals surface area contributed by atoms with Gasteiger partial charge in [-0.05, 0) is 51.3 Å². The molecule has 1 aliphatic carbocycles. The number of hydrogen-bond donors (Lipinski definition) is 1. The van der Waals surface area contributed by atoms with Gasteiger partial charge in [0.1, 0.15) is 0 Å².